The Balaban J connectivity index is 2.31. The number of rotatable bonds is 6. The van der Waals surface area contributed by atoms with Crippen LogP contribution in [-0.4, -0.2) is 16.3 Å². The van der Waals surface area contributed by atoms with E-state index >= 15 is 0 Å². The fraction of sp³-hybridized carbons (Fsp3) is 0.438. The van der Waals surface area contributed by atoms with Crippen LogP contribution in [0, 0.1) is 5.82 Å². The van der Waals surface area contributed by atoms with Gasteiger partial charge in [-0.2, -0.15) is 5.10 Å². The number of benzene rings is 1. The Bertz CT molecular complexity index is 543. The summed E-state index contributed by atoms with van der Waals surface area (Å²) in [7, 11) is 0. The number of nitrogens with zero attached hydrogens (tertiary/aromatic N) is 2. The second-order valence-corrected chi connectivity index (χ2v) is 5.27. The molecule has 1 aromatic heterocycles. The molecule has 3 nitrogen and oxygen atoms in total. The normalized spacial score (nSPS) is 11.2. The third-order valence-electron chi connectivity index (χ3n) is 3.25. The second kappa shape index (κ2) is 6.66. The molecule has 1 heterocycles. The lowest BCUT2D eigenvalue weighted by Crippen LogP contribution is -2.15. The molecule has 0 bridgehead atoms. The molecule has 1 aromatic carbocycles. The van der Waals surface area contributed by atoms with Gasteiger partial charge in [0, 0.05) is 12.1 Å². The molecule has 2 aromatic rings. The molecule has 0 spiro atoms. The van der Waals surface area contributed by atoms with Gasteiger partial charge in [-0.25, -0.2) is 9.07 Å². The molecule has 108 valence electrons. The molecule has 0 aliphatic heterocycles. The zero-order chi connectivity index (χ0) is 14.5. The zero-order valence-corrected chi connectivity index (χ0v) is 12.4. The van der Waals surface area contributed by atoms with Gasteiger partial charge in [0.25, 0.3) is 0 Å². The van der Waals surface area contributed by atoms with Crippen LogP contribution in [-0.2, 0) is 6.54 Å². The molecule has 0 radical (unpaired) electrons. The van der Waals surface area contributed by atoms with E-state index in [4.69, 9.17) is 0 Å². The van der Waals surface area contributed by atoms with Crippen molar-refractivity contribution in [3.63, 3.8) is 0 Å². The van der Waals surface area contributed by atoms with Crippen molar-refractivity contribution in [1.82, 2.24) is 15.1 Å². The minimum atomic E-state index is -0.225. The van der Waals surface area contributed by atoms with E-state index < -0.39 is 0 Å². The van der Waals surface area contributed by atoms with Gasteiger partial charge < -0.3 is 5.32 Å². The maximum Gasteiger partial charge on any atom is 0.123 e. The summed E-state index contributed by atoms with van der Waals surface area (Å²) in [5.74, 6) is 0.137. The topological polar surface area (TPSA) is 29.9 Å². The van der Waals surface area contributed by atoms with Crippen LogP contribution in [0.2, 0.25) is 0 Å². The second-order valence-electron chi connectivity index (χ2n) is 5.27. The monoisotopic (exact) mass is 275 g/mol. The highest BCUT2D eigenvalue weighted by Crippen LogP contribution is 2.23. The summed E-state index contributed by atoms with van der Waals surface area (Å²) in [5.41, 5.74) is 3.29. The van der Waals surface area contributed by atoms with Crippen molar-refractivity contribution in [2.75, 3.05) is 6.54 Å². The minimum absolute atomic E-state index is 0.225. The van der Waals surface area contributed by atoms with Gasteiger partial charge in [-0.1, -0.05) is 20.8 Å². The van der Waals surface area contributed by atoms with Crippen molar-refractivity contribution in [2.24, 2.45) is 0 Å². The lowest BCUT2D eigenvalue weighted by molar-refractivity contribution is 0.626. The van der Waals surface area contributed by atoms with Gasteiger partial charge in [-0.3, -0.25) is 0 Å². The molecule has 4 heteroatoms. The van der Waals surface area contributed by atoms with E-state index in [1.54, 1.807) is 12.1 Å². The molecule has 20 heavy (non-hydrogen) atoms. The highest BCUT2D eigenvalue weighted by Gasteiger charge is 2.15. The third kappa shape index (κ3) is 3.25. The first kappa shape index (κ1) is 14.7. The summed E-state index contributed by atoms with van der Waals surface area (Å²) >= 11 is 0. The van der Waals surface area contributed by atoms with E-state index in [0.717, 1.165) is 25.2 Å². The van der Waals surface area contributed by atoms with Crippen LogP contribution in [0.1, 0.15) is 44.4 Å². The fourth-order valence-corrected chi connectivity index (χ4v) is 2.33. The lowest BCUT2D eigenvalue weighted by atomic mass is 10.1. The van der Waals surface area contributed by atoms with Gasteiger partial charge in [0.1, 0.15) is 5.82 Å². The first-order valence-electron chi connectivity index (χ1n) is 7.17. The molecule has 0 unspecified atom stereocenters. The molecule has 0 amide bonds. The van der Waals surface area contributed by atoms with E-state index in [1.807, 2.05) is 10.9 Å². The molecule has 0 aliphatic rings. The fourth-order valence-electron chi connectivity index (χ4n) is 2.33. The molecule has 0 saturated carbocycles. The number of hydrogen-bond acceptors (Lipinski definition) is 2. The Kier molecular flexibility index (Phi) is 4.90. The highest BCUT2D eigenvalue weighted by atomic mass is 19.1. The Morgan fingerprint density at radius 1 is 1.25 bits per heavy atom. The summed E-state index contributed by atoms with van der Waals surface area (Å²) in [6, 6.07) is 6.46. The SMILES string of the molecule is CCCNCc1cnn(-c2ccc(F)cc2)c1C(C)C. The summed E-state index contributed by atoms with van der Waals surface area (Å²) < 4.78 is 14.9. The molecular weight excluding hydrogens is 253 g/mol. The minimum Gasteiger partial charge on any atom is -0.313 e. The van der Waals surface area contributed by atoms with Gasteiger partial charge in [-0.05, 0) is 43.1 Å². The Morgan fingerprint density at radius 2 is 1.95 bits per heavy atom. The number of nitrogens with one attached hydrogen (secondary N) is 1. The standard InChI is InChI=1S/C16H22FN3/c1-4-9-18-10-13-11-19-20(16(13)12(2)3)15-7-5-14(17)6-8-15/h5-8,11-12,18H,4,9-10H2,1-3H3. The number of hydrogen-bond donors (Lipinski definition) is 1. The Morgan fingerprint density at radius 3 is 2.55 bits per heavy atom. The van der Waals surface area contributed by atoms with Crippen LogP contribution >= 0.6 is 0 Å². The van der Waals surface area contributed by atoms with Gasteiger partial charge >= 0.3 is 0 Å². The maximum atomic E-state index is 13.0. The quantitative estimate of drug-likeness (QED) is 0.816. The molecule has 0 atom stereocenters. The molecule has 1 N–H and O–H groups in total. The first-order chi connectivity index (χ1) is 9.63. The molecule has 0 fully saturated rings. The molecular formula is C16H22FN3. The van der Waals surface area contributed by atoms with Crippen LogP contribution in [0.25, 0.3) is 5.69 Å². The van der Waals surface area contributed by atoms with Gasteiger partial charge in [0.15, 0.2) is 0 Å². The van der Waals surface area contributed by atoms with Crippen molar-refractivity contribution < 1.29 is 4.39 Å². The molecule has 0 aliphatic carbocycles. The maximum absolute atomic E-state index is 13.0. The van der Waals surface area contributed by atoms with E-state index in [9.17, 15) is 4.39 Å². The van der Waals surface area contributed by atoms with Gasteiger partial charge in [0.2, 0.25) is 0 Å². The average molecular weight is 275 g/mol. The average Bonchev–Trinajstić information content (AvgIpc) is 2.84. The smallest absolute Gasteiger partial charge is 0.123 e. The largest absolute Gasteiger partial charge is 0.313 e. The van der Waals surface area contributed by atoms with Crippen LogP contribution in [0.5, 0.6) is 0 Å². The predicted octanol–water partition coefficient (Wildman–Crippen LogP) is 3.63. The number of halogens is 1. The molecule has 2 rings (SSSR count). The summed E-state index contributed by atoms with van der Waals surface area (Å²) in [4.78, 5) is 0. The predicted molar refractivity (Wildman–Crippen MR) is 79.6 cm³/mol. The summed E-state index contributed by atoms with van der Waals surface area (Å²) in [6.45, 7) is 8.28. The number of aromatic nitrogens is 2. The van der Waals surface area contributed by atoms with E-state index in [-0.39, 0.29) is 5.82 Å². The van der Waals surface area contributed by atoms with Crippen LogP contribution in [0.4, 0.5) is 4.39 Å². The summed E-state index contributed by atoms with van der Waals surface area (Å²) in [5, 5.41) is 7.88. The Labute approximate surface area is 119 Å². The van der Waals surface area contributed by atoms with Crippen molar-refractivity contribution in [2.45, 2.75) is 39.7 Å². The van der Waals surface area contributed by atoms with Gasteiger partial charge in [0.05, 0.1) is 17.6 Å². The third-order valence-corrected chi connectivity index (χ3v) is 3.25. The van der Waals surface area contributed by atoms with Crippen LogP contribution < -0.4 is 5.32 Å². The molecule has 0 saturated heterocycles. The van der Waals surface area contributed by atoms with Crippen molar-refractivity contribution in [3.05, 3.63) is 47.5 Å². The van der Waals surface area contributed by atoms with Crippen molar-refractivity contribution >= 4 is 0 Å². The van der Waals surface area contributed by atoms with E-state index in [0.29, 0.717) is 5.92 Å². The van der Waals surface area contributed by atoms with E-state index in [2.05, 4.69) is 31.2 Å². The Hall–Kier alpha value is -1.68. The van der Waals surface area contributed by atoms with Crippen LogP contribution in [0.3, 0.4) is 0 Å². The summed E-state index contributed by atoms with van der Waals surface area (Å²) in [6.07, 6.45) is 3.02. The zero-order valence-electron chi connectivity index (χ0n) is 12.4. The van der Waals surface area contributed by atoms with Gasteiger partial charge in [-0.15, -0.1) is 0 Å². The van der Waals surface area contributed by atoms with Crippen molar-refractivity contribution in [3.8, 4) is 5.69 Å². The highest BCUT2D eigenvalue weighted by molar-refractivity contribution is 5.36. The van der Waals surface area contributed by atoms with Crippen LogP contribution in [0.15, 0.2) is 30.5 Å². The lowest BCUT2D eigenvalue weighted by Gasteiger charge is -2.13. The first-order valence-corrected chi connectivity index (χ1v) is 7.17. The van der Waals surface area contributed by atoms with E-state index in [1.165, 1.54) is 23.4 Å². The van der Waals surface area contributed by atoms with Crippen molar-refractivity contribution in [1.29, 1.82) is 0 Å².